The van der Waals surface area contributed by atoms with Crippen LogP contribution in [0, 0.1) is 0 Å². The van der Waals surface area contributed by atoms with Gasteiger partial charge in [-0.05, 0) is 37.1 Å². The van der Waals surface area contributed by atoms with Gasteiger partial charge in [-0.25, -0.2) is 0 Å². The minimum atomic E-state index is 0.0268. The molecule has 0 saturated carbocycles. The molecule has 0 amide bonds. The van der Waals surface area contributed by atoms with Crippen LogP contribution < -0.4 is 4.74 Å². The summed E-state index contributed by atoms with van der Waals surface area (Å²) in [6.07, 6.45) is 3.84. The van der Waals surface area contributed by atoms with Gasteiger partial charge in [0.15, 0.2) is 5.78 Å². The number of Topliss-reactive ketones (excluding diaryl/α,β-unsaturated/α-hetero) is 1. The first kappa shape index (κ1) is 16.0. The molecule has 0 bridgehead atoms. The van der Waals surface area contributed by atoms with Gasteiger partial charge < -0.3 is 4.74 Å². The highest BCUT2D eigenvalue weighted by molar-refractivity contribution is 5.95. The minimum absolute atomic E-state index is 0.0268. The lowest BCUT2D eigenvalue weighted by molar-refractivity contribution is 0.101. The van der Waals surface area contributed by atoms with E-state index in [1.54, 1.807) is 25.3 Å². The van der Waals surface area contributed by atoms with Crippen molar-refractivity contribution in [3.8, 4) is 5.75 Å². The molecule has 2 rings (SSSR count). The monoisotopic (exact) mass is 295 g/mol. The van der Waals surface area contributed by atoms with Crippen molar-refractivity contribution in [2.45, 2.75) is 26.7 Å². The van der Waals surface area contributed by atoms with Gasteiger partial charge in [0.2, 0.25) is 0 Å². The Kier molecular flexibility index (Phi) is 5.90. The summed E-state index contributed by atoms with van der Waals surface area (Å²) < 4.78 is 5.79. The molecular weight excluding hydrogens is 274 g/mol. The van der Waals surface area contributed by atoms with Gasteiger partial charge in [0.1, 0.15) is 11.4 Å². The van der Waals surface area contributed by atoms with Crippen LogP contribution in [0.25, 0.3) is 0 Å². The molecule has 0 fully saturated rings. The molecule has 0 atom stereocenters. The average Bonchev–Trinajstić information content (AvgIpc) is 2.54. The van der Waals surface area contributed by atoms with E-state index in [4.69, 9.17) is 4.74 Å². The SMILES string of the molecule is CCCCOc1cc(C(C)=O)ccc1N=Cc1ccccc1. The molecular formula is C19H21NO2. The first-order chi connectivity index (χ1) is 10.7. The van der Waals surface area contributed by atoms with Crippen molar-refractivity contribution < 1.29 is 9.53 Å². The normalized spacial score (nSPS) is 10.8. The standard InChI is InChI=1S/C19H21NO2/c1-3-4-12-22-19-13-17(15(2)21)10-11-18(19)20-14-16-8-6-5-7-9-16/h5-11,13-14H,3-4,12H2,1-2H3. The van der Waals surface area contributed by atoms with Crippen molar-refractivity contribution in [3.05, 3.63) is 59.7 Å². The predicted octanol–water partition coefficient (Wildman–Crippen LogP) is 4.82. The van der Waals surface area contributed by atoms with Gasteiger partial charge >= 0.3 is 0 Å². The van der Waals surface area contributed by atoms with Crippen LogP contribution in [0.3, 0.4) is 0 Å². The van der Waals surface area contributed by atoms with Crippen molar-refractivity contribution in [1.82, 2.24) is 0 Å². The van der Waals surface area contributed by atoms with Gasteiger partial charge in [0.05, 0.1) is 6.61 Å². The third kappa shape index (κ3) is 4.55. The van der Waals surface area contributed by atoms with Crippen molar-refractivity contribution in [2.75, 3.05) is 6.61 Å². The van der Waals surface area contributed by atoms with Crippen LogP contribution >= 0.6 is 0 Å². The fraction of sp³-hybridized carbons (Fsp3) is 0.263. The number of carbonyl (C=O) groups is 1. The zero-order valence-corrected chi connectivity index (χ0v) is 13.1. The second-order valence-corrected chi connectivity index (χ2v) is 5.11. The van der Waals surface area contributed by atoms with E-state index >= 15 is 0 Å². The maximum atomic E-state index is 11.5. The fourth-order valence-corrected chi connectivity index (χ4v) is 1.97. The van der Waals surface area contributed by atoms with Crippen LogP contribution in [0.1, 0.15) is 42.6 Å². The molecule has 3 heteroatoms. The van der Waals surface area contributed by atoms with Crippen LogP contribution in [0.5, 0.6) is 5.75 Å². The topological polar surface area (TPSA) is 38.7 Å². The molecule has 0 aromatic heterocycles. The van der Waals surface area contributed by atoms with E-state index in [-0.39, 0.29) is 5.78 Å². The molecule has 114 valence electrons. The number of ketones is 1. The van der Waals surface area contributed by atoms with E-state index in [1.807, 2.05) is 36.4 Å². The van der Waals surface area contributed by atoms with Crippen molar-refractivity contribution >= 4 is 17.7 Å². The molecule has 0 aliphatic heterocycles. The highest BCUT2D eigenvalue weighted by atomic mass is 16.5. The number of nitrogens with zero attached hydrogens (tertiary/aromatic N) is 1. The summed E-state index contributed by atoms with van der Waals surface area (Å²) in [6.45, 7) is 4.30. The second-order valence-electron chi connectivity index (χ2n) is 5.11. The Balaban J connectivity index is 2.24. The molecule has 2 aromatic carbocycles. The molecule has 0 saturated heterocycles. The largest absolute Gasteiger partial charge is 0.491 e. The zero-order valence-electron chi connectivity index (χ0n) is 13.1. The Labute approximate surface area is 131 Å². The average molecular weight is 295 g/mol. The minimum Gasteiger partial charge on any atom is -0.491 e. The molecule has 0 aliphatic rings. The molecule has 0 N–H and O–H groups in total. The van der Waals surface area contributed by atoms with E-state index < -0.39 is 0 Å². The highest BCUT2D eigenvalue weighted by Gasteiger charge is 2.07. The first-order valence-corrected chi connectivity index (χ1v) is 7.57. The fourth-order valence-electron chi connectivity index (χ4n) is 1.97. The molecule has 3 nitrogen and oxygen atoms in total. The Morgan fingerprint density at radius 2 is 1.95 bits per heavy atom. The molecule has 22 heavy (non-hydrogen) atoms. The quantitative estimate of drug-likeness (QED) is 0.417. The zero-order chi connectivity index (χ0) is 15.8. The van der Waals surface area contributed by atoms with Crippen molar-refractivity contribution in [2.24, 2.45) is 4.99 Å². The number of hydrogen-bond donors (Lipinski definition) is 0. The summed E-state index contributed by atoms with van der Waals surface area (Å²) in [4.78, 5) is 16.0. The smallest absolute Gasteiger partial charge is 0.159 e. The molecule has 0 spiro atoms. The lowest BCUT2D eigenvalue weighted by Gasteiger charge is -2.09. The molecule has 0 unspecified atom stereocenters. The Morgan fingerprint density at radius 3 is 2.64 bits per heavy atom. The first-order valence-electron chi connectivity index (χ1n) is 7.57. The number of aliphatic imine (C=N–C) groups is 1. The number of rotatable bonds is 7. The van der Waals surface area contributed by atoms with Crippen LogP contribution in [0.15, 0.2) is 53.5 Å². The second kappa shape index (κ2) is 8.13. The summed E-state index contributed by atoms with van der Waals surface area (Å²) in [5.74, 6) is 0.687. The summed E-state index contributed by atoms with van der Waals surface area (Å²) in [6, 6.07) is 15.3. The van der Waals surface area contributed by atoms with Crippen LogP contribution in [-0.4, -0.2) is 18.6 Å². The maximum absolute atomic E-state index is 11.5. The maximum Gasteiger partial charge on any atom is 0.159 e. The molecule has 0 aliphatic carbocycles. The van der Waals surface area contributed by atoms with Gasteiger partial charge in [-0.3, -0.25) is 9.79 Å². The Hall–Kier alpha value is -2.42. The Bertz CT molecular complexity index is 648. The van der Waals surface area contributed by atoms with E-state index in [1.165, 1.54) is 0 Å². The van der Waals surface area contributed by atoms with Crippen LogP contribution in [-0.2, 0) is 0 Å². The van der Waals surface area contributed by atoms with Crippen LogP contribution in [0.4, 0.5) is 5.69 Å². The summed E-state index contributed by atoms with van der Waals surface area (Å²) >= 11 is 0. The van der Waals surface area contributed by atoms with Gasteiger partial charge in [-0.15, -0.1) is 0 Å². The van der Waals surface area contributed by atoms with E-state index in [2.05, 4.69) is 11.9 Å². The summed E-state index contributed by atoms with van der Waals surface area (Å²) in [5, 5.41) is 0. The number of hydrogen-bond acceptors (Lipinski definition) is 3. The van der Waals surface area contributed by atoms with E-state index in [0.29, 0.717) is 17.9 Å². The van der Waals surface area contributed by atoms with Gasteiger partial charge in [-0.1, -0.05) is 43.7 Å². The molecule has 0 heterocycles. The van der Waals surface area contributed by atoms with E-state index in [9.17, 15) is 4.79 Å². The third-order valence-corrected chi connectivity index (χ3v) is 3.27. The van der Waals surface area contributed by atoms with Crippen molar-refractivity contribution in [3.63, 3.8) is 0 Å². The van der Waals surface area contributed by atoms with Gasteiger partial charge in [0.25, 0.3) is 0 Å². The lowest BCUT2D eigenvalue weighted by Crippen LogP contribution is -1.99. The highest BCUT2D eigenvalue weighted by Crippen LogP contribution is 2.29. The van der Waals surface area contributed by atoms with Crippen LogP contribution in [0.2, 0.25) is 0 Å². The number of carbonyl (C=O) groups excluding carboxylic acids is 1. The van der Waals surface area contributed by atoms with Gasteiger partial charge in [-0.2, -0.15) is 0 Å². The number of ether oxygens (including phenoxy) is 1. The number of unbranched alkanes of at least 4 members (excludes halogenated alkanes) is 1. The van der Waals surface area contributed by atoms with E-state index in [0.717, 1.165) is 24.1 Å². The van der Waals surface area contributed by atoms with Gasteiger partial charge in [0, 0.05) is 11.8 Å². The Morgan fingerprint density at radius 1 is 1.18 bits per heavy atom. The van der Waals surface area contributed by atoms with Crippen molar-refractivity contribution in [1.29, 1.82) is 0 Å². The number of benzene rings is 2. The summed E-state index contributed by atoms with van der Waals surface area (Å²) in [7, 11) is 0. The lowest BCUT2D eigenvalue weighted by atomic mass is 10.1. The summed E-state index contributed by atoms with van der Waals surface area (Å²) in [5.41, 5.74) is 2.41. The molecule has 0 radical (unpaired) electrons. The predicted molar refractivity (Wildman–Crippen MR) is 90.5 cm³/mol. The third-order valence-electron chi connectivity index (χ3n) is 3.27. The molecule has 2 aromatic rings.